The number of benzene rings is 1. The lowest BCUT2D eigenvalue weighted by molar-refractivity contribution is 0.1000. The van der Waals surface area contributed by atoms with Crippen LogP contribution >= 0.6 is 11.3 Å². The highest BCUT2D eigenvalue weighted by Crippen LogP contribution is 2.15. The number of aromatic nitrogens is 1. The molecule has 0 saturated heterocycles. The van der Waals surface area contributed by atoms with Crippen LogP contribution < -0.4 is 10.6 Å². The Labute approximate surface area is 128 Å². The summed E-state index contributed by atoms with van der Waals surface area (Å²) in [6.07, 6.45) is 0.867. The van der Waals surface area contributed by atoms with Crippen molar-refractivity contribution in [1.82, 2.24) is 4.98 Å². The molecule has 112 valence electrons. The molecule has 6 heteroatoms. The summed E-state index contributed by atoms with van der Waals surface area (Å²) in [4.78, 5) is 18.6. The summed E-state index contributed by atoms with van der Waals surface area (Å²) >= 11 is 1.65. The molecule has 1 amide bonds. The maximum Gasteiger partial charge on any atom is 0.248 e. The zero-order valence-electron chi connectivity index (χ0n) is 12.2. The largest absolute Gasteiger partial charge is 0.366 e. The van der Waals surface area contributed by atoms with Gasteiger partial charge < -0.3 is 15.4 Å². The molecule has 2 N–H and O–H groups in total. The molecule has 2 aromatic rings. The fourth-order valence-electron chi connectivity index (χ4n) is 1.90. The van der Waals surface area contributed by atoms with Crippen LogP contribution in [0.5, 0.6) is 0 Å². The Morgan fingerprint density at radius 1 is 1.48 bits per heavy atom. The predicted octanol–water partition coefficient (Wildman–Crippen LogP) is 2.20. The summed E-state index contributed by atoms with van der Waals surface area (Å²) in [6, 6.07) is 7.20. The van der Waals surface area contributed by atoms with Crippen molar-refractivity contribution in [2.24, 2.45) is 5.73 Å². The van der Waals surface area contributed by atoms with Crippen LogP contribution in [0.15, 0.2) is 29.8 Å². The van der Waals surface area contributed by atoms with Crippen molar-refractivity contribution in [3.05, 3.63) is 45.9 Å². The summed E-state index contributed by atoms with van der Waals surface area (Å²) < 4.78 is 5.67. The zero-order chi connectivity index (χ0) is 15.2. The van der Waals surface area contributed by atoms with Gasteiger partial charge in [-0.05, 0) is 25.1 Å². The van der Waals surface area contributed by atoms with E-state index in [1.165, 1.54) is 4.88 Å². The van der Waals surface area contributed by atoms with Crippen LogP contribution in [0.3, 0.4) is 0 Å². The van der Waals surface area contributed by atoms with E-state index in [4.69, 9.17) is 10.5 Å². The minimum Gasteiger partial charge on any atom is -0.366 e. The van der Waals surface area contributed by atoms with Crippen molar-refractivity contribution in [2.75, 3.05) is 25.3 Å². The first-order valence-electron chi connectivity index (χ1n) is 6.65. The van der Waals surface area contributed by atoms with Gasteiger partial charge in [-0.3, -0.25) is 4.79 Å². The number of amides is 1. The number of carbonyl (C=O) groups excluding carboxylic acids is 1. The van der Waals surface area contributed by atoms with Crippen LogP contribution in [0.1, 0.15) is 20.9 Å². The van der Waals surface area contributed by atoms with Gasteiger partial charge in [0.05, 0.1) is 17.8 Å². The van der Waals surface area contributed by atoms with Crippen LogP contribution in [0.2, 0.25) is 0 Å². The quantitative estimate of drug-likeness (QED) is 0.629. The standard InChI is InChI=1S/C15H19N3O2S/c1-11-14(21-9-17-11)6-7-20-10-18(2)13-5-3-4-12(8-13)15(16)19/h3-5,8-9H,6-7,10H2,1-2H3,(H2,16,19). The van der Waals surface area contributed by atoms with Crippen molar-refractivity contribution in [2.45, 2.75) is 13.3 Å². The second-order valence-electron chi connectivity index (χ2n) is 4.76. The molecule has 0 fully saturated rings. The molecule has 21 heavy (non-hydrogen) atoms. The summed E-state index contributed by atoms with van der Waals surface area (Å²) in [6.45, 7) is 3.11. The van der Waals surface area contributed by atoms with Gasteiger partial charge in [0.1, 0.15) is 6.73 Å². The first-order chi connectivity index (χ1) is 10.1. The number of carbonyl (C=O) groups is 1. The van der Waals surface area contributed by atoms with Gasteiger partial charge >= 0.3 is 0 Å². The Bertz CT molecular complexity index is 612. The summed E-state index contributed by atoms with van der Waals surface area (Å²) in [5.41, 5.74) is 9.61. The van der Waals surface area contributed by atoms with E-state index in [1.54, 1.807) is 23.5 Å². The Kier molecular flexibility index (Phi) is 5.30. The molecule has 0 unspecified atom stereocenters. The second-order valence-corrected chi connectivity index (χ2v) is 5.70. The van der Waals surface area contributed by atoms with Crippen LogP contribution in [0.4, 0.5) is 5.69 Å². The van der Waals surface area contributed by atoms with E-state index in [2.05, 4.69) is 4.98 Å². The molecule has 0 radical (unpaired) electrons. The van der Waals surface area contributed by atoms with E-state index in [9.17, 15) is 4.79 Å². The number of hydrogen-bond donors (Lipinski definition) is 1. The molecule has 2 rings (SSSR count). The Balaban J connectivity index is 1.82. The third-order valence-electron chi connectivity index (χ3n) is 3.17. The lowest BCUT2D eigenvalue weighted by Gasteiger charge is -2.19. The first-order valence-corrected chi connectivity index (χ1v) is 7.53. The highest BCUT2D eigenvalue weighted by atomic mass is 32.1. The van der Waals surface area contributed by atoms with Gasteiger partial charge in [0.2, 0.25) is 5.91 Å². The van der Waals surface area contributed by atoms with E-state index < -0.39 is 5.91 Å². The number of thiazole rings is 1. The van der Waals surface area contributed by atoms with Gasteiger partial charge in [-0.25, -0.2) is 4.98 Å². The fourth-order valence-corrected chi connectivity index (χ4v) is 2.67. The summed E-state index contributed by atoms with van der Waals surface area (Å²) in [5, 5.41) is 0. The molecule has 0 aliphatic carbocycles. The summed E-state index contributed by atoms with van der Waals surface area (Å²) in [7, 11) is 1.91. The van der Waals surface area contributed by atoms with Crippen LogP contribution in [0.25, 0.3) is 0 Å². The van der Waals surface area contributed by atoms with Crippen molar-refractivity contribution in [3.63, 3.8) is 0 Å². The average molecular weight is 305 g/mol. The molecule has 0 saturated carbocycles. The topological polar surface area (TPSA) is 68.4 Å². The predicted molar refractivity (Wildman–Crippen MR) is 84.7 cm³/mol. The molecule has 1 aromatic carbocycles. The van der Waals surface area contributed by atoms with E-state index in [-0.39, 0.29) is 0 Å². The van der Waals surface area contributed by atoms with Gasteiger partial charge in [-0.2, -0.15) is 0 Å². The minimum absolute atomic E-state index is 0.424. The molecular formula is C15H19N3O2S. The Morgan fingerprint density at radius 3 is 2.95 bits per heavy atom. The third kappa shape index (κ3) is 4.27. The number of ether oxygens (including phenoxy) is 1. The average Bonchev–Trinajstić information content (AvgIpc) is 2.89. The molecule has 5 nitrogen and oxygen atoms in total. The first kappa shape index (κ1) is 15.5. The Morgan fingerprint density at radius 2 is 2.29 bits per heavy atom. The number of primary amides is 1. The van der Waals surface area contributed by atoms with Crippen LogP contribution in [-0.4, -0.2) is 31.3 Å². The Hall–Kier alpha value is -1.92. The molecule has 0 aliphatic heterocycles. The minimum atomic E-state index is -0.424. The highest BCUT2D eigenvalue weighted by molar-refractivity contribution is 7.09. The van der Waals surface area contributed by atoms with Gasteiger partial charge in [-0.1, -0.05) is 6.07 Å². The molecule has 0 spiro atoms. The van der Waals surface area contributed by atoms with E-state index in [1.807, 2.05) is 36.5 Å². The molecule has 1 aromatic heterocycles. The number of anilines is 1. The summed E-state index contributed by atoms with van der Waals surface area (Å²) in [5.74, 6) is -0.424. The van der Waals surface area contributed by atoms with Crippen LogP contribution in [-0.2, 0) is 11.2 Å². The smallest absolute Gasteiger partial charge is 0.248 e. The molecule has 0 aliphatic rings. The zero-order valence-corrected chi connectivity index (χ0v) is 13.0. The number of nitrogens with zero attached hydrogens (tertiary/aromatic N) is 2. The van der Waals surface area contributed by atoms with E-state index in [0.29, 0.717) is 18.9 Å². The van der Waals surface area contributed by atoms with Gasteiger partial charge in [0.25, 0.3) is 0 Å². The van der Waals surface area contributed by atoms with Crippen molar-refractivity contribution >= 4 is 22.9 Å². The van der Waals surface area contributed by atoms with Gasteiger partial charge in [0.15, 0.2) is 0 Å². The highest BCUT2D eigenvalue weighted by Gasteiger charge is 2.06. The third-order valence-corrected chi connectivity index (χ3v) is 4.17. The van der Waals surface area contributed by atoms with Crippen molar-refractivity contribution in [3.8, 4) is 0 Å². The fraction of sp³-hybridized carbons (Fsp3) is 0.333. The van der Waals surface area contributed by atoms with Crippen LogP contribution in [0, 0.1) is 6.92 Å². The normalized spacial score (nSPS) is 10.6. The molecular weight excluding hydrogens is 286 g/mol. The number of rotatable bonds is 7. The van der Waals surface area contributed by atoms with Gasteiger partial charge in [-0.15, -0.1) is 11.3 Å². The second kappa shape index (κ2) is 7.19. The monoisotopic (exact) mass is 305 g/mol. The van der Waals surface area contributed by atoms with Gasteiger partial charge in [0, 0.05) is 29.6 Å². The maximum atomic E-state index is 11.2. The molecule has 1 heterocycles. The van der Waals surface area contributed by atoms with E-state index >= 15 is 0 Å². The molecule has 0 bridgehead atoms. The lowest BCUT2D eigenvalue weighted by Crippen LogP contribution is -2.22. The van der Waals surface area contributed by atoms with E-state index in [0.717, 1.165) is 17.8 Å². The van der Waals surface area contributed by atoms with Crippen molar-refractivity contribution < 1.29 is 9.53 Å². The molecule has 0 atom stereocenters. The lowest BCUT2D eigenvalue weighted by atomic mass is 10.2. The maximum absolute atomic E-state index is 11.2. The SMILES string of the molecule is Cc1ncsc1CCOCN(C)c1cccc(C(N)=O)c1. The number of hydrogen-bond acceptors (Lipinski definition) is 5. The van der Waals surface area contributed by atoms with Crippen molar-refractivity contribution in [1.29, 1.82) is 0 Å². The number of nitrogens with two attached hydrogens (primary N) is 1. The number of aryl methyl sites for hydroxylation is 1.